The van der Waals surface area contributed by atoms with Crippen molar-refractivity contribution in [3.63, 3.8) is 0 Å². The molecule has 12 heteroatoms. The highest BCUT2D eigenvalue weighted by Crippen LogP contribution is 2.34. The van der Waals surface area contributed by atoms with Gasteiger partial charge in [-0.3, -0.25) is 9.69 Å². The largest absolute Gasteiger partial charge is 0.379 e. The van der Waals surface area contributed by atoms with E-state index in [4.69, 9.17) is 44.3 Å². The third-order valence-corrected chi connectivity index (χ3v) is 11.2. The normalized spacial score (nSPS) is 20.9. The number of nitrogens with zero attached hydrogens (tertiary/aromatic N) is 2. The maximum Gasteiger partial charge on any atom is 0.246 e. The lowest BCUT2D eigenvalue weighted by Gasteiger charge is -2.42. The molecule has 1 amide bonds. The third-order valence-electron chi connectivity index (χ3n) is 8.18. The Hall–Kier alpha value is -1.43. The molecular weight excluding hydrogens is 621 g/mol. The maximum atomic E-state index is 12.9. The molecule has 1 saturated carbocycles. The van der Waals surface area contributed by atoms with Crippen molar-refractivity contribution in [1.82, 2.24) is 14.5 Å². The van der Waals surface area contributed by atoms with Gasteiger partial charge in [-0.05, 0) is 62.1 Å². The zero-order chi connectivity index (χ0) is 30.1. The van der Waals surface area contributed by atoms with E-state index in [9.17, 15) is 13.2 Å². The van der Waals surface area contributed by atoms with Crippen molar-refractivity contribution in [1.29, 1.82) is 0 Å². The first-order chi connectivity index (χ1) is 20.1. The van der Waals surface area contributed by atoms with Crippen LogP contribution in [0.5, 0.6) is 0 Å². The van der Waals surface area contributed by atoms with Gasteiger partial charge in [0.05, 0.1) is 29.9 Å². The molecule has 4 rings (SSSR count). The summed E-state index contributed by atoms with van der Waals surface area (Å²) in [5, 5.41) is 3.24. The minimum atomic E-state index is -3.96. The number of rotatable bonds is 13. The first-order valence-corrected chi connectivity index (χ1v) is 17.1. The fourth-order valence-electron chi connectivity index (χ4n) is 5.91. The minimum Gasteiger partial charge on any atom is -0.379 e. The van der Waals surface area contributed by atoms with Crippen LogP contribution in [0.3, 0.4) is 0 Å². The fraction of sp³-hybridized carbons (Fsp3) is 0.567. The Morgan fingerprint density at radius 3 is 2.36 bits per heavy atom. The van der Waals surface area contributed by atoms with Gasteiger partial charge in [0.15, 0.2) is 0 Å². The van der Waals surface area contributed by atoms with Crippen molar-refractivity contribution >= 4 is 50.7 Å². The lowest BCUT2D eigenvalue weighted by molar-refractivity contribution is -0.126. The second kappa shape index (κ2) is 16.0. The SMILES string of the molecule is CN(CCOCC(=O)NC1CCC(C(CCc2ccccc2)N2CCOCC2)CC1)S(=O)(=O)c1c(Cl)cc(Cl)cc1Cl. The molecule has 0 aromatic heterocycles. The Morgan fingerprint density at radius 2 is 1.71 bits per heavy atom. The van der Waals surface area contributed by atoms with Gasteiger partial charge in [0, 0.05) is 43.8 Å². The minimum absolute atomic E-state index is 0.0297. The molecule has 42 heavy (non-hydrogen) atoms. The Kier molecular flexibility index (Phi) is 12.8. The number of carbonyl (C=O) groups excluding carboxylic acids is 1. The summed E-state index contributed by atoms with van der Waals surface area (Å²) in [5.74, 6) is 0.401. The Labute approximate surface area is 264 Å². The number of amides is 1. The Balaban J connectivity index is 1.19. The lowest BCUT2D eigenvalue weighted by Crippen LogP contribution is -2.49. The standard InChI is InChI=1S/C30H40Cl3N3O5S/c1-35(42(38,39)30-26(32)19-24(31)20-27(30)33)13-16-41-21-29(37)34-25-10-8-23(9-11-25)28(36-14-17-40-18-15-36)12-7-22-5-3-2-4-6-22/h2-6,19-20,23,25,28H,7-18,21H2,1H3,(H,34,37). The van der Waals surface area contributed by atoms with E-state index in [1.807, 2.05) is 0 Å². The van der Waals surface area contributed by atoms with Crippen LogP contribution in [0.25, 0.3) is 0 Å². The molecule has 1 aliphatic carbocycles. The number of aryl methyl sites for hydroxylation is 1. The van der Waals surface area contributed by atoms with Gasteiger partial charge < -0.3 is 14.8 Å². The van der Waals surface area contributed by atoms with Crippen molar-refractivity contribution in [2.45, 2.75) is 55.5 Å². The smallest absolute Gasteiger partial charge is 0.246 e. The molecule has 8 nitrogen and oxygen atoms in total. The fourth-order valence-corrected chi connectivity index (χ4v) is 8.55. The van der Waals surface area contributed by atoms with Crippen LogP contribution < -0.4 is 5.32 Å². The second-order valence-corrected chi connectivity index (χ2v) is 14.2. The predicted octanol–water partition coefficient (Wildman–Crippen LogP) is 5.29. The molecule has 232 valence electrons. The number of nitrogens with one attached hydrogen (secondary N) is 1. The van der Waals surface area contributed by atoms with Crippen LogP contribution in [0.15, 0.2) is 47.4 Å². The topological polar surface area (TPSA) is 88.2 Å². The van der Waals surface area contributed by atoms with Gasteiger partial charge >= 0.3 is 0 Å². The number of hydrogen-bond acceptors (Lipinski definition) is 6. The molecule has 0 spiro atoms. The van der Waals surface area contributed by atoms with E-state index in [1.54, 1.807) is 0 Å². The summed E-state index contributed by atoms with van der Waals surface area (Å²) in [6, 6.07) is 14.0. The van der Waals surface area contributed by atoms with Crippen LogP contribution in [-0.4, -0.2) is 88.7 Å². The first kappa shape index (κ1) is 33.5. The van der Waals surface area contributed by atoms with Crippen LogP contribution in [0.1, 0.15) is 37.7 Å². The molecule has 1 heterocycles. The highest BCUT2D eigenvalue weighted by Gasteiger charge is 2.32. The number of likely N-dealkylation sites (N-methyl/N-ethyl adjacent to an activating group) is 1. The zero-order valence-corrected chi connectivity index (χ0v) is 27.0. The number of carbonyl (C=O) groups is 1. The van der Waals surface area contributed by atoms with Crippen molar-refractivity contribution in [2.24, 2.45) is 5.92 Å². The summed E-state index contributed by atoms with van der Waals surface area (Å²) in [6.07, 6.45) is 6.20. The average Bonchev–Trinajstić information content (AvgIpc) is 2.96. The molecule has 1 atom stereocenters. The van der Waals surface area contributed by atoms with E-state index < -0.39 is 10.0 Å². The summed E-state index contributed by atoms with van der Waals surface area (Å²) in [4.78, 5) is 15.0. The van der Waals surface area contributed by atoms with Crippen LogP contribution in [0.2, 0.25) is 15.1 Å². The van der Waals surface area contributed by atoms with E-state index >= 15 is 0 Å². The van der Waals surface area contributed by atoms with Crippen molar-refractivity contribution in [3.8, 4) is 0 Å². The molecule has 2 aromatic rings. The molecule has 1 unspecified atom stereocenters. The molecule has 2 fully saturated rings. The molecule has 0 bridgehead atoms. The number of benzene rings is 2. The van der Waals surface area contributed by atoms with Gasteiger partial charge in [0.25, 0.3) is 0 Å². The van der Waals surface area contributed by atoms with Gasteiger partial charge in [-0.25, -0.2) is 8.42 Å². The highest BCUT2D eigenvalue weighted by molar-refractivity contribution is 7.89. The van der Waals surface area contributed by atoms with Crippen molar-refractivity contribution < 1.29 is 22.7 Å². The number of hydrogen-bond donors (Lipinski definition) is 1. The molecule has 2 aliphatic rings. The monoisotopic (exact) mass is 659 g/mol. The summed E-state index contributed by atoms with van der Waals surface area (Å²) in [5.41, 5.74) is 1.37. The summed E-state index contributed by atoms with van der Waals surface area (Å²) >= 11 is 18.1. The van der Waals surface area contributed by atoms with Gasteiger partial charge in [-0.2, -0.15) is 4.31 Å². The number of ether oxygens (including phenoxy) is 2. The van der Waals surface area contributed by atoms with Gasteiger partial charge in [0.1, 0.15) is 11.5 Å². The van der Waals surface area contributed by atoms with Crippen LogP contribution in [0, 0.1) is 5.92 Å². The average molecular weight is 661 g/mol. The Bertz CT molecular complexity index is 1250. The van der Waals surface area contributed by atoms with Gasteiger partial charge in [-0.15, -0.1) is 0 Å². The van der Waals surface area contributed by atoms with Crippen molar-refractivity contribution in [2.75, 3.05) is 53.1 Å². The lowest BCUT2D eigenvalue weighted by atomic mass is 9.79. The summed E-state index contributed by atoms with van der Waals surface area (Å²) < 4.78 is 38.1. The molecule has 1 saturated heterocycles. The number of sulfonamides is 1. The summed E-state index contributed by atoms with van der Waals surface area (Å²) in [7, 11) is -2.56. The van der Waals surface area contributed by atoms with E-state index in [0.717, 1.165) is 69.1 Å². The second-order valence-electron chi connectivity index (χ2n) is 11.0. The maximum absolute atomic E-state index is 12.9. The number of morpholine rings is 1. The van der Waals surface area contributed by atoms with Crippen LogP contribution >= 0.6 is 34.8 Å². The quantitative estimate of drug-likeness (QED) is 0.294. The van der Waals surface area contributed by atoms with Gasteiger partial charge in [-0.1, -0.05) is 65.1 Å². The van der Waals surface area contributed by atoms with E-state index in [-0.39, 0.29) is 51.7 Å². The van der Waals surface area contributed by atoms with E-state index in [0.29, 0.717) is 12.0 Å². The number of halogens is 3. The Morgan fingerprint density at radius 1 is 1.07 bits per heavy atom. The van der Waals surface area contributed by atoms with Crippen LogP contribution in [-0.2, 0) is 30.7 Å². The molecule has 1 N–H and O–H groups in total. The highest BCUT2D eigenvalue weighted by atomic mass is 35.5. The zero-order valence-electron chi connectivity index (χ0n) is 23.9. The summed E-state index contributed by atoms with van der Waals surface area (Å²) in [6.45, 7) is 3.47. The molecular formula is C30H40Cl3N3O5S. The molecule has 0 radical (unpaired) electrons. The van der Waals surface area contributed by atoms with E-state index in [2.05, 4.69) is 40.5 Å². The molecule has 1 aliphatic heterocycles. The van der Waals surface area contributed by atoms with Crippen LogP contribution in [0.4, 0.5) is 0 Å². The predicted molar refractivity (Wildman–Crippen MR) is 167 cm³/mol. The first-order valence-electron chi connectivity index (χ1n) is 14.5. The molecule has 2 aromatic carbocycles. The van der Waals surface area contributed by atoms with Crippen molar-refractivity contribution in [3.05, 3.63) is 63.1 Å². The third kappa shape index (κ3) is 9.29. The van der Waals surface area contributed by atoms with Gasteiger partial charge in [0.2, 0.25) is 15.9 Å². The van der Waals surface area contributed by atoms with E-state index in [1.165, 1.54) is 24.7 Å².